The van der Waals surface area contributed by atoms with Gasteiger partial charge in [0, 0.05) is 23.6 Å². The Hall–Kier alpha value is -2.76. The van der Waals surface area contributed by atoms with E-state index in [1.54, 1.807) is 12.1 Å². The number of thiocarbonyl (C=S) groups is 1. The van der Waals surface area contributed by atoms with Crippen molar-refractivity contribution in [1.82, 2.24) is 15.4 Å². The van der Waals surface area contributed by atoms with Gasteiger partial charge in [-0.15, -0.1) is 0 Å². The summed E-state index contributed by atoms with van der Waals surface area (Å²) >= 11 is 11.2. The molecule has 12 heteroatoms. The number of hydrogen-bond donors (Lipinski definition) is 3. The first-order valence-corrected chi connectivity index (χ1v) is 13.4. The van der Waals surface area contributed by atoms with E-state index in [9.17, 15) is 13.2 Å². The van der Waals surface area contributed by atoms with Gasteiger partial charge in [-0.25, -0.2) is 8.42 Å². The zero-order valence-electron chi connectivity index (χ0n) is 20.9. The van der Waals surface area contributed by atoms with Gasteiger partial charge in [-0.2, -0.15) is 0 Å². The quantitative estimate of drug-likeness (QED) is 0.445. The molecule has 0 aromatic heterocycles. The van der Waals surface area contributed by atoms with Crippen molar-refractivity contribution in [2.75, 3.05) is 14.2 Å². The van der Waals surface area contributed by atoms with Crippen molar-refractivity contribution >= 4 is 44.9 Å². The number of benzene rings is 2. The van der Waals surface area contributed by atoms with E-state index < -0.39 is 27.6 Å². The van der Waals surface area contributed by atoms with Crippen LogP contribution in [-0.4, -0.2) is 51.3 Å². The third kappa shape index (κ3) is 6.13. The van der Waals surface area contributed by atoms with Gasteiger partial charge < -0.3 is 24.8 Å². The number of ether oxygens (including phenoxy) is 3. The number of hydrogen-bond acceptors (Lipinski definition) is 7. The summed E-state index contributed by atoms with van der Waals surface area (Å²) in [5, 5.41) is 6.19. The van der Waals surface area contributed by atoms with Crippen LogP contribution >= 0.6 is 23.8 Å². The number of rotatable bonds is 7. The van der Waals surface area contributed by atoms with Crippen LogP contribution in [-0.2, 0) is 16.4 Å². The normalized spacial score (nSPS) is 16.4. The molecule has 0 saturated heterocycles. The van der Waals surface area contributed by atoms with E-state index in [0.29, 0.717) is 28.5 Å². The standard InChI is InChI=1S/C24H30ClN3O6S2/c1-13(2)26-23(35)28-36(30,31)20-9-14-10-21(24(3,4)34-18(14)12-19(20)33-6)27-22(29)16-11-15(25)7-8-17(16)32-5/h7-9,11-13,21H,10H2,1-6H3,(H,27,29)(H2,26,28,35). The van der Waals surface area contributed by atoms with Crippen molar-refractivity contribution in [1.29, 1.82) is 0 Å². The molecule has 0 radical (unpaired) electrons. The van der Waals surface area contributed by atoms with Crippen LogP contribution in [0.2, 0.25) is 5.02 Å². The maximum atomic E-state index is 13.1. The second-order valence-electron chi connectivity index (χ2n) is 9.12. The molecule has 9 nitrogen and oxygen atoms in total. The molecule has 2 aromatic rings. The Morgan fingerprint density at radius 3 is 2.44 bits per heavy atom. The van der Waals surface area contributed by atoms with Crippen LogP contribution in [0.25, 0.3) is 0 Å². The molecule has 1 unspecified atom stereocenters. The monoisotopic (exact) mass is 555 g/mol. The van der Waals surface area contributed by atoms with E-state index in [0.717, 1.165) is 0 Å². The molecule has 0 bridgehead atoms. The molecule has 196 valence electrons. The summed E-state index contributed by atoms with van der Waals surface area (Å²) in [7, 11) is -1.22. The number of sulfonamides is 1. The molecule has 2 aromatic carbocycles. The molecular formula is C24H30ClN3O6S2. The highest BCUT2D eigenvalue weighted by Gasteiger charge is 2.39. The molecule has 1 atom stereocenters. The van der Waals surface area contributed by atoms with Crippen LogP contribution < -0.4 is 29.6 Å². The number of fused-ring (bicyclic) bond motifs is 1. The fraction of sp³-hybridized carbons (Fsp3) is 0.417. The van der Waals surface area contributed by atoms with Gasteiger partial charge in [0.1, 0.15) is 27.7 Å². The highest BCUT2D eigenvalue weighted by molar-refractivity contribution is 7.92. The zero-order valence-corrected chi connectivity index (χ0v) is 23.3. The second kappa shape index (κ2) is 10.7. The lowest BCUT2D eigenvalue weighted by Crippen LogP contribution is -2.55. The summed E-state index contributed by atoms with van der Waals surface area (Å²) in [5.41, 5.74) is 0.0440. The molecule has 3 rings (SSSR count). The molecule has 36 heavy (non-hydrogen) atoms. The van der Waals surface area contributed by atoms with Crippen molar-refractivity contribution in [3.63, 3.8) is 0 Å². The van der Waals surface area contributed by atoms with Crippen molar-refractivity contribution < 1.29 is 27.4 Å². The molecule has 1 aliphatic rings. The van der Waals surface area contributed by atoms with Gasteiger partial charge in [-0.3, -0.25) is 9.52 Å². The predicted molar refractivity (Wildman–Crippen MR) is 142 cm³/mol. The molecule has 0 saturated carbocycles. The highest BCUT2D eigenvalue weighted by Crippen LogP contribution is 2.39. The average Bonchev–Trinajstić information content (AvgIpc) is 2.77. The molecule has 3 N–H and O–H groups in total. The fourth-order valence-electron chi connectivity index (χ4n) is 3.81. The Balaban J connectivity index is 1.94. The van der Waals surface area contributed by atoms with Gasteiger partial charge >= 0.3 is 0 Å². The fourth-order valence-corrected chi connectivity index (χ4v) is 5.67. The molecule has 1 aliphatic heterocycles. The maximum absolute atomic E-state index is 13.1. The number of halogens is 1. The van der Waals surface area contributed by atoms with Crippen molar-refractivity contribution in [2.45, 2.75) is 56.7 Å². The summed E-state index contributed by atoms with van der Waals surface area (Å²) in [6, 6.07) is 7.23. The van der Waals surface area contributed by atoms with Gasteiger partial charge in [0.2, 0.25) is 0 Å². The summed E-state index contributed by atoms with van der Waals surface area (Å²) < 4.78 is 45.4. The topological polar surface area (TPSA) is 115 Å². The number of amides is 1. The number of nitrogens with one attached hydrogen (secondary N) is 3. The number of methoxy groups -OCH3 is 2. The molecule has 0 fully saturated rings. The number of carbonyl (C=O) groups is 1. The largest absolute Gasteiger partial charge is 0.496 e. The molecular weight excluding hydrogens is 526 g/mol. The van der Waals surface area contributed by atoms with Gasteiger partial charge in [0.15, 0.2) is 5.11 Å². The minimum absolute atomic E-state index is 0.0252. The Morgan fingerprint density at radius 2 is 1.83 bits per heavy atom. The van der Waals surface area contributed by atoms with E-state index in [1.807, 2.05) is 27.7 Å². The lowest BCUT2D eigenvalue weighted by molar-refractivity contribution is 0.0435. The summed E-state index contributed by atoms with van der Waals surface area (Å²) in [6.45, 7) is 7.36. The van der Waals surface area contributed by atoms with Crippen LogP contribution in [0.3, 0.4) is 0 Å². The predicted octanol–water partition coefficient (Wildman–Crippen LogP) is 3.43. The van der Waals surface area contributed by atoms with Gasteiger partial charge in [-0.05, 0) is 69.7 Å². The Morgan fingerprint density at radius 1 is 1.17 bits per heavy atom. The van der Waals surface area contributed by atoms with Crippen molar-refractivity contribution in [3.05, 3.63) is 46.5 Å². The van der Waals surface area contributed by atoms with Crippen molar-refractivity contribution in [2.24, 2.45) is 0 Å². The number of carbonyl (C=O) groups excluding carboxylic acids is 1. The zero-order chi connectivity index (χ0) is 26.8. The maximum Gasteiger partial charge on any atom is 0.267 e. The average molecular weight is 556 g/mol. The van der Waals surface area contributed by atoms with Gasteiger partial charge in [-0.1, -0.05) is 11.6 Å². The second-order valence-corrected chi connectivity index (χ2v) is 11.6. The molecule has 1 amide bonds. The summed E-state index contributed by atoms with van der Waals surface area (Å²) in [6.07, 6.45) is 0.304. The van der Waals surface area contributed by atoms with E-state index in [2.05, 4.69) is 15.4 Å². The Kier molecular flexibility index (Phi) is 8.27. The van der Waals surface area contributed by atoms with Gasteiger partial charge in [0.05, 0.1) is 25.8 Å². The molecule has 0 aliphatic carbocycles. The highest BCUT2D eigenvalue weighted by atomic mass is 35.5. The first kappa shape index (κ1) is 27.8. The van der Waals surface area contributed by atoms with Gasteiger partial charge in [0.25, 0.3) is 15.9 Å². The van der Waals surface area contributed by atoms with E-state index in [1.165, 1.54) is 32.4 Å². The third-order valence-corrected chi connectivity index (χ3v) is 7.59. The van der Waals surface area contributed by atoms with Crippen LogP contribution in [0.4, 0.5) is 0 Å². The third-order valence-electron chi connectivity index (χ3n) is 5.63. The lowest BCUT2D eigenvalue weighted by Gasteiger charge is -2.40. The summed E-state index contributed by atoms with van der Waals surface area (Å²) in [5.74, 6) is 0.551. The van der Waals surface area contributed by atoms with Crippen LogP contribution in [0, 0.1) is 0 Å². The Bertz CT molecular complexity index is 1280. The SMILES string of the molecule is COc1ccc(Cl)cc1C(=O)NC1Cc2cc(S(=O)(=O)NC(=S)NC(C)C)c(OC)cc2OC1(C)C. The van der Waals surface area contributed by atoms with E-state index >= 15 is 0 Å². The van der Waals surface area contributed by atoms with E-state index in [4.69, 9.17) is 38.0 Å². The summed E-state index contributed by atoms with van der Waals surface area (Å²) in [4.78, 5) is 13.0. The lowest BCUT2D eigenvalue weighted by atomic mass is 9.88. The minimum Gasteiger partial charge on any atom is -0.496 e. The molecule has 0 spiro atoms. The molecule has 1 heterocycles. The minimum atomic E-state index is -4.06. The van der Waals surface area contributed by atoms with E-state index in [-0.39, 0.29) is 27.4 Å². The van der Waals surface area contributed by atoms with Crippen LogP contribution in [0.15, 0.2) is 35.2 Å². The Labute approximate surface area is 221 Å². The first-order chi connectivity index (χ1) is 16.8. The first-order valence-electron chi connectivity index (χ1n) is 11.1. The van der Waals surface area contributed by atoms with Crippen LogP contribution in [0.1, 0.15) is 43.6 Å². The van der Waals surface area contributed by atoms with Crippen LogP contribution in [0.5, 0.6) is 17.2 Å². The van der Waals surface area contributed by atoms with Crippen molar-refractivity contribution in [3.8, 4) is 17.2 Å². The smallest absolute Gasteiger partial charge is 0.267 e.